The van der Waals surface area contributed by atoms with Crippen molar-refractivity contribution in [1.29, 1.82) is 0 Å². The number of amides is 1. The molecule has 0 bridgehead atoms. The second-order valence-corrected chi connectivity index (χ2v) is 3.48. The lowest BCUT2D eigenvalue weighted by Crippen LogP contribution is -2.17. The van der Waals surface area contributed by atoms with Crippen molar-refractivity contribution >= 4 is 46.9 Å². The molecule has 58 valence electrons. The quantitative estimate of drug-likeness (QED) is 0.498. The van der Waals surface area contributed by atoms with E-state index in [-0.39, 0.29) is 11.8 Å². The van der Waals surface area contributed by atoms with E-state index in [0.717, 1.165) is 6.21 Å². The normalized spacial score (nSPS) is 12.4. The van der Waals surface area contributed by atoms with Crippen molar-refractivity contribution in [1.82, 2.24) is 0 Å². The van der Waals surface area contributed by atoms with Crippen LogP contribution < -0.4 is 0 Å². The zero-order valence-corrected chi connectivity index (χ0v) is 7.54. The maximum absolute atomic E-state index is 10.2. The maximum atomic E-state index is 10.2. The summed E-state index contributed by atoms with van der Waals surface area (Å²) >= 11 is 16.3. The standard InChI is InChI=1S/C5H6Cl3NO/c1-4(10)9-3-5(7,8)2-6/h3H,2H2,1H3. The van der Waals surface area contributed by atoms with Crippen molar-refractivity contribution in [3.05, 3.63) is 0 Å². The molecule has 0 rings (SSSR count). The van der Waals surface area contributed by atoms with Crippen LogP contribution in [-0.2, 0) is 4.79 Å². The predicted octanol–water partition coefficient (Wildman–Crippen LogP) is 2.02. The van der Waals surface area contributed by atoms with Crippen LogP contribution in [0.2, 0.25) is 0 Å². The number of hydrogen-bond acceptors (Lipinski definition) is 1. The first kappa shape index (κ1) is 10.2. The van der Waals surface area contributed by atoms with Gasteiger partial charge in [0.1, 0.15) is 0 Å². The molecule has 5 heteroatoms. The third-order valence-electron chi connectivity index (χ3n) is 0.613. The van der Waals surface area contributed by atoms with Gasteiger partial charge in [-0.05, 0) is 0 Å². The molecule has 0 radical (unpaired) electrons. The lowest BCUT2D eigenvalue weighted by molar-refractivity contribution is -0.115. The molecule has 0 aliphatic rings. The molecule has 0 aromatic heterocycles. The van der Waals surface area contributed by atoms with E-state index in [1.165, 1.54) is 6.92 Å². The SMILES string of the molecule is CC(=O)N=CC(Cl)(Cl)CCl. The summed E-state index contributed by atoms with van der Waals surface area (Å²) in [4.78, 5) is 13.6. The van der Waals surface area contributed by atoms with E-state index >= 15 is 0 Å². The summed E-state index contributed by atoms with van der Waals surface area (Å²) in [6, 6.07) is 0. The minimum atomic E-state index is -1.23. The van der Waals surface area contributed by atoms with Gasteiger partial charge in [-0.1, -0.05) is 23.2 Å². The highest BCUT2D eigenvalue weighted by Crippen LogP contribution is 2.19. The van der Waals surface area contributed by atoms with E-state index in [0.29, 0.717) is 0 Å². The Morgan fingerprint density at radius 1 is 1.70 bits per heavy atom. The molecular formula is C5H6Cl3NO. The van der Waals surface area contributed by atoms with Crippen LogP contribution in [0.4, 0.5) is 0 Å². The fourth-order valence-corrected chi connectivity index (χ4v) is 0.386. The molecule has 0 aliphatic heterocycles. The van der Waals surface area contributed by atoms with Crippen molar-refractivity contribution in [3.63, 3.8) is 0 Å². The third-order valence-corrected chi connectivity index (χ3v) is 1.77. The molecule has 10 heavy (non-hydrogen) atoms. The van der Waals surface area contributed by atoms with Crippen molar-refractivity contribution in [2.24, 2.45) is 4.99 Å². The number of hydrogen-bond donors (Lipinski definition) is 0. The molecule has 0 saturated heterocycles. The summed E-state index contributed by atoms with van der Waals surface area (Å²) in [7, 11) is 0. The van der Waals surface area contributed by atoms with Gasteiger partial charge in [0.25, 0.3) is 0 Å². The van der Waals surface area contributed by atoms with E-state index in [1.807, 2.05) is 0 Å². The molecular weight excluding hydrogens is 196 g/mol. The summed E-state index contributed by atoms with van der Waals surface area (Å²) in [5.41, 5.74) is 0. The summed E-state index contributed by atoms with van der Waals surface area (Å²) in [6.07, 6.45) is 1.12. The van der Waals surface area contributed by atoms with Gasteiger partial charge in [0, 0.05) is 13.1 Å². The first-order chi connectivity index (χ1) is 4.48. The monoisotopic (exact) mass is 201 g/mol. The Kier molecular flexibility index (Phi) is 4.25. The predicted molar refractivity (Wildman–Crippen MR) is 44.3 cm³/mol. The lowest BCUT2D eigenvalue weighted by Gasteiger charge is -2.06. The van der Waals surface area contributed by atoms with Crippen LogP contribution in [0.1, 0.15) is 6.92 Å². The van der Waals surface area contributed by atoms with Crippen LogP contribution in [0.5, 0.6) is 0 Å². The first-order valence-electron chi connectivity index (χ1n) is 2.47. The van der Waals surface area contributed by atoms with Crippen LogP contribution in [0, 0.1) is 0 Å². The Balaban J connectivity index is 3.99. The second-order valence-electron chi connectivity index (χ2n) is 1.67. The van der Waals surface area contributed by atoms with Crippen molar-refractivity contribution < 1.29 is 4.79 Å². The second kappa shape index (κ2) is 4.16. The van der Waals surface area contributed by atoms with Crippen LogP contribution in [0.15, 0.2) is 4.99 Å². The van der Waals surface area contributed by atoms with Gasteiger partial charge in [-0.25, -0.2) is 4.99 Å². The Morgan fingerprint density at radius 3 is 2.50 bits per heavy atom. The molecule has 0 atom stereocenters. The smallest absolute Gasteiger partial charge is 0.242 e. The Bertz CT molecular complexity index is 155. The largest absolute Gasteiger partial charge is 0.273 e. The number of carbonyl (C=O) groups excluding carboxylic acids is 1. The number of nitrogens with zero attached hydrogens (tertiary/aromatic N) is 1. The van der Waals surface area contributed by atoms with Crippen LogP contribution in [0.25, 0.3) is 0 Å². The molecule has 0 spiro atoms. The van der Waals surface area contributed by atoms with Crippen molar-refractivity contribution in [3.8, 4) is 0 Å². The molecule has 0 aromatic rings. The van der Waals surface area contributed by atoms with Crippen LogP contribution in [0.3, 0.4) is 0 Å². The molecule has 0 saturated carbocycles. The highest BCUT2D eigenvalue weighted by atomic mass is 35.5. The highest BCUT2D eigenvalue weighted by molar-refractivity contribution is 6.59. The minimum Gasteiger partial charge on any atom is -0.273 e. The molecule has 0 heterocycles. The van der Waals surface area contributed by atoms with E-state index in [4.69, 9.17) is 34.8 Å². The molecule has 0 aliphatic carbocycles. The summed E-state index contributed by atoms with van der Waals surface area (Å²) in [5.74, 6) is -0.344. The zero-order chi connectivity index (χ0) is 8.20. The van der Waals surface area contributed by atoms with E-state index < -0.39 is 4.33 Å². The first-order valence-corrected chi connectivity index (χ1v) is 3.76. The lowest BCUT2D eigenvalue weighted by atomic mass is 10.5. The van der Waals surface area contributed by atoms with Gasteiger partial charge in [-0.15, -0.1) is 11.6 Å². The van der Waals surface area contributed by atoms with Gasteiger partial charge in [0.05, 0.1) is 5.88 Å². The number of alkyl halides is 3. The summed E-state index contributed by atoms with van der Waals surface area (Å²) in [5, 5.41) is 0. The number of rotatable bonds is 2. The van der Waals surface area contributed by atoms with Crippen LogP contribution in [-0.4, -0.2) is 22.3 Å². The average molecular weight is 202 g/mol. The summed E-state index contributed by atoms with van der Waals surface area (Å²) in [6.45, 7) is 1.30. The van der Waals surface area contributed by atoms with Crippen molar-refractivity contribution in [2.45, 2.75) is 11.3 Å². The minimum absolute atomic E-state index is 0.00684. The van der Waals surface area contributed by atoms with Gasteiger partial charge >= 0.3 is 0 Å². The Labute approximate surface area is 74.2 Å². The van der Waals surface area contributed by atoms with Gasteiger partial charge in [0.2, 0.25) is 5.91 Å². The van der Waals surface area contributed by atoms with E-state index in [2.05, 4.69) is 4.99 Å². The molecule has 0 N–H and O–H groups in total. The highest BCUT2D eigenvalue weighted by Gasteiger charge is 2.19. The third kappa shape index (κ3) is 5.03. The molecule has 0 aromatic carbocycles. The molecule has 0 fully saturated rings. The van der Waals surface area contributed by atoms with Crippen LogP contribution >= 0.6 is 34.8 Å². The van der Waals surface area contributed by atoms with E-state index in [1.54, 1.807) is 0 Å². The molecule has 1 amide bonds. The Hall–Kier alpha value is 0.210. The molecule has 0 unspecified atom stereocenters. The fraction of sp³-hybridized carbons (Fsp3) is 0.600. The fourth-order valence-electron chi connectivity index (χ4n) is 0.220. The number of carbonyl (C=O) groups is 1. The Morgan fingerprint density at radius 2 is 2.20 bits per heavy atom. The average Bonchev–Trinajstić information content (AvgIpc) is 1.85. The van der Waals surface area contributed by atoms with E-state index in [9.17, 15) is 4.79 Å². The summed E-state index contributed by atoms with van der Waals surface area (Å²) < 4.78 is -1.23. The van der Waals surface area contributed by atoms with Gasteiger partial charge < -0.3 is 0 Å². The number of halogens is 3. The molecule has 2 nitrogen and oxygen atoms in total. The van der Waals surface area contributed by atoms with Crippen molar-refractivity contribution in [2.75, 3.05) is 5.88 Å². The van der Waals surface area contributed by atoms with Gasteiger partial charge in [-0.3, -0.25) is 4.79 Å². The topological polar surface area (TPSA) is 29.4 Å². The van der Waals surface area contributed by atoms with Gasteiger partial charge in [-0.2, -0.15) is 0 Å². The zero-order valence-electron chi connectivity index (χ0n) is 5.27. The maximum Gasteiger partial charge on any atom is 0.242 e. The van der Waals surface area contributed by atoms with Gasteiger partial charge in [0.15, 0.2) is 4.33 Å². The number of aliphatic imine (C=N–C) groups is 1.